The van der Waals surface area contributed by atoms with E-state index in [2.05, 4.69) is 15.6 Å². The summed E-state index contributed by atoms with van der Waals surface area (Å²) in [4.78, 5) is 23.9. The number of benzene rings is 3. The Morgan fingerprint density at radius 1 is 0.633 bits per heavy atom. The SMILES string of the molecule is O=C(NNC(=O)c1ccc(NS(=O)(=O)c2ccc(F)cc2)cc1)c1ccc(F)cc1. The van der Waals surface area contributed by atoms with Crippen molar-refractivity contribution >= 4 is 27.5 Å². The molecule has 0 aliphatic carbocycles. The third-order valence-corrected chi connectivity index (χ3v) is 5.32. The number of rotatable bonds is 5. The van der Waals surface area contributed by atoms with Crippen molar-refractivity contribution in [3.8, 4) is 0 Å². The molecule has 0 saturated heterocycles. The second-order valence-corrected chi connectivity index (χ2v) is 7.73. The predicted molar refractivity (Wildman–Crippen MR) is 105 cm³/mol. The number of hydrogen-bond acceptors (Lipinski definition) is 4. The van der Waals surface area contributed by atoms with Gasteiger partial charge in [0.05, 0.1) is 4.90 Å². The molecule has 154 valence electrons. The molecule has 0 unspecified atom stereocenters. The van der Waals surface area contributed by atoms with Gasteiger partial charge in [0.2, 0.25) is 0 Å². The van der Waals surface area contributed by atoms with Gasteiger partial charge in [0.15, 0.2) is 0 Å². The normalized spacial score (nSPS) is 10.9. The molecule has 7 nitrogen and oxygen atoms in total. The van der Waals surface area contributed by atoms with E-state index in [9.17, 15) is 26.8 Å². The average Bonchev–Trinajstić information content (AvgIpc) is 2.73. The Morgan fingerprint density at radius 3 is 1.50 bits per heavy atom. The first-order chi connectivity index (χ1) is 14.2. The van der Waals surface area contributed by atoms with Crippen molar-refractivity contribution in [2.75, 3.05) is 4.72 Å². The van der Waals surface area contributed by atoms with Crippen molar-refractivity contribution in [1.82, 2.24) is 10.9 Å². The largest absolute Gasteiger partial charge is 0.280 e. The molecule has 3 rings (SSSR count). The molecular weight excluding hydrogens is 416 g/mol. The van der Waals surface area contributed by atoms with Crippen molar-refractivity contribution in [2.24, 2.45) is 0 Å². The minimum atomic E-state index is -3.92. The zero-order valence-electron chi connectivity index (χ0n) is 15.2. The molecule has 0 radical (unpaired) electrons. The number of hydrazine groups is 1. The average molecular weight is 431 g/mol. The van der Waals surface area contributed by atoms with E-state index in [0.717, 1.165) is 36.4 Å². The fraction of sp³-hybridized carbons (Fsp3) is 0. The van der Waals surface area contributed by atoms with E-state index < -0.39 is 33.5 Å². The van der Waals surface area contributed by atoms with Crippen LogP contribution in [0.25, 0.3) is 0 Å². The molecule has 30 heavy (non-hydrogen) atoms. The monoisotopic (exact) mass is 431 g/mol. The molecule has 3 aromatic rings. The fourth-order valence-electron chi connectivity index (χ4n) is 2.38. The summed E-state index contributed by atoms with van der Waals surface area (Å²) in [5.74, 6) is -2.33. The third kappa shape index (κ3) is 5.17. The van der Waals surface area contributed by atoms with E-state index in [1.54, 1.807) is 0 Å². The lowest BCUT2D eigenvalue weighted by molar-refractivity contribution is 0.0846. The van der Waals surface area contributed by atoms with Gasteiger partial charge in [-0.25, -0.2) is 17.2 Å². The summed E-state index contributed by atoms with van der Waals surface area (Å²) >= 11 is 0. The van der Waals surface area contributed by atoms with E-state index in [1.807, 2.05) is 0 Å². The Labute approximate surface area is 170 Å². The molecule has 3 aromatic carbocycles. The Bertz CT molecular complexity index is 1160. The molecule has 0 aliphatic rings. The summed E-state index contributed by atoms with van der Waals surface area (Å²) in [6.07, 6.45) is 0. The second kappa shape index (κ2) is 8.70. The van der Waals surface area contributed by atoms with Crippen LogP contribution in [0.2, 0.25) is 0 Å². The smallest absolute Gasteiger partial charge is 0.269 e. The molecule has 0 spiro atoms. The van der Waals surface area contributed by atoms with Gasteiger partial charge in [0.25, 0.3) is 21.8 Å². The Morgan fingerprint density at radius 2 is 1.03 bits per heavy atom. The van der Waals surface area contributed by atoms with Crippen LogP contribution in [0.15, 0.2) is 77.7 Å². The number of amides is 2. The summed E-state index contributed by atoms with van der Waals surface area (Å²) < 4.78 is 52.7. The minimum Gasteiger partial charge on any atom is -0.280 e. The van der Waals surface area contributed by atoms with Gasteiger partial charge in [-0.05, 0) is 72.8 Å². The lowest BCUT2D eigenvalue weighted by Crippen LogP contribution is -2.41. The zero-order valence-corrected chi connectivity index (χ0v) is 16.0. The van der Waals surface area contributed by atoms with Crippen molar-refractivity contribution in [3.05, 3.63) is 95.6 Å². The van der Waals surface area contributed by atoms with Gasteiger partial charge >= 0.3 is 0 Å². The first-order valence-electron chi connectivity index (χ1n) is 8.49. The molecule has 2 amide bonds. The van der Waals surface area contributed by atoms with Gasteiger partial charge in [-0.3, -0.25) is 25.2 Å². The molecule has 0 atom stereocenters. The van der Waals surface area contributed by atoms with Crippen molar-refractivity contribution in [2.45, 2.75) is 4.90 Å². The molecule has 3 N–H and O–H groups in total. The van der Waals surface area contributed by atoms with Crippen LogP contribution >= 0.6 is 0 Å². The maximum Gasteiger partial charge on any atom is 0.269 e. The topological polar surface area (TPSA) is 104 Å². The molecule has 10 heteroatoms. The van der Waals surface area contributed by atoms with E-state index in [0.29, 0.717) is 0 Å². The fourth-order valence-corrected chi connectivity index (χ4v) is 3.44. The Kier molecular flexibility index (Phi) is 6.07. The number of carbonyl (C=O) groups excluding carboxylic acids is 2. The first kappa shape index (κ1) is 20.9. The highest BCUT2D eigenvalue weighted by atomic mass is 32.2. The molecule has 0 aromatic heterocycles. The quantitative estimate of drug-likeness (QED) is 0.541. The number of halogens is 2. The lowest BCUT2D eigenvalue weighted by atomic mass is 10.2. The summed E-state index contributed by atoms with van der Waals surface area (Å²) in [6.45, 7) is 0. The summed E-state index contributed by atoms with van der Waals surface area (Å²) in [5, 5.41) is 0. The number of nitrogens with one attached hydrogen (secondary N) is 3. The van der Waals surface area contributed by atoms with Crippen LogP contribution in [0.1, 0.15) is 20.7 Å². The van der Waals surface area contributed by atoms with Crippen LogP contribution in [0.4, 0.5) is 14.5 Å². The van der Waals surface area contributed by atoms with Crippen molar-refractivity contribution < 1.29 is 26.8 Å². The third-order valence-electron chi connectivity index (χ3n) is 3.92. The van der Waals surface area contributed by atoms with E-state index in [-0.39, 0.29) is 21.7 Å². The number of hydrogen-bond donors (Lipinski definition) is 3. The van der Waals surface area contributed by atoms with Gasteiger partial charge in [0.1, 0.15) is 11.6 Å². The lowest BCUT2D eigenvalue weighted by Gasteiger charge is -2.10. The van der Waals surface area contributed by atoms with Crippen LogP contribution in [0.5, 0.6) is 0 Å². The summed E-state index contributed by atoms with van der Waals surface area (Å²) in [5.41, 5.74) is 4.89. The maximum absolute atomic E-state index is 13.0. The van der Waals surface area contributed by atoms with E-state index in [4.69, 9.17) is 0 Å². The predicted octanol–water partition coefficient (Wildman–Crippen LogP) is 2.84. The number of anilines is 1. The van der Waals surface area contributed by atoms with Crippen LogP contribution in [-0.2, 0) is 10.0 Å². The molecule has 0 heterocycles. The number of carbonyl (C=O) groups is 2. The van der Waals surface area contributed by atoms with Crippen molar-refractivity contribution in [1.29, 1.82) is 0 Å². The van der Waals surface area contributed by atoms with Crippen LogP contribution in [0.3, 0.4) is 0 Å². The Balaban J connectivity index is 1.60. The summed E-state index contributed by atoms with van der Waals surface area (Å²) in [7, 11) is -3.92. The maximum atomic E-state index is 13.0. The standard InChI is InChI=1S/C20H15F2N3O4S/c21-15-5-1-13(2-6-15)19(26)23-24-20(27)14-3-9-17(10-4-14)25-30(28,29)18-11-7-16(22)8-12-18/h1-12,25H,(H,23,26)(H,24,27). The highest BCUT2D eigenvalue weighted by Gasteiger charge is 2.15. The van der Waals surface area contributed by atoms with Gasteiger partial charge in [0, 0.05) is 16.8 Å². The molecule has 0 fully saturated rings. The summed E-state index contributed by atoms with van der Waals surface area (Å²) in [6, 6.07) is 14.5. The second-order valence-electron chi connectivity index (χ2n) is 6.05. The molecule has 0 bridgehead atoms. The number of sulfonamides is 1. The minimum absolute atomic E-state index is 0.116. The molecule has 0 aliphatic heterocycles. The zero-order chi connectivity index (χ0) is 21.7. The molecule has 0 saturated carbocycles. The van der Waals surface area contributed by atoms with Crippen LogP contribution in [0, 0.1) is 11.6 Å². The molecular formula is C20H15F2N3O4S. The van der Waals surface area contributed by atoms with E-state index in [1.165, 1.54) is 36.4 Å². The van der Waals surface area contributed by atoms with Crippen molar-refractivity contribution in [3.63, 3.8) is 0 Å². The van der Waals surface area contributed by atoms with Gasteiger partial charge in [-0.2, -0.15) is 0 Å². The Hall–Kier alpha value is -3.79. The van der Waals surface area contributed by atoms with Gasteiger partial charge < -0.3 is 0 Å². The first-order valence-corrected chi connectivity index (χ1v) is 9.98. The van der Waals surface area contributed by atoms with Gasteiger partial charge in [-0.15, -0.1) is 0 Å². The highest BCUT2D eigenvalue weighted by Crippen LogP contribution is 2.17. The van der Waals surface area contributed by atoms with Crippen LogP contribution < -0.4 is 15.6 Å². The van der Waals surface area contributed by atoms with Crippen LogP contribution in [-0.4, -0.2) is 20.2 Å². The highest BCUT2D eigenvalue weighted by molar-refractivity contribution is 7.92. The van der Waals surface area contributed by atoms with E-state index >= 15 is 0 Å². The van der Waals surface area contributed by atoms with Gasteiger partial charge in [-0.1, -0.05) is 0 Å².